The van der Waals surface area contributed by atoms with Crippen LogP contribution in [0.5, 0.6) is 0 Å². The first kappa shape index (κ1) is 9.73. The van der Waals surface area contributed by atoms with Crippen molar-refractivity contribution in [1.82, 2.24) is 9.97 Å². The minimum Gasteiger partial charge on any atom is -0.468 e. The molecule has 72 valence electrons. The van der Waals surface area contributed by atoms with Gasteiger partial charge in [-0.05, 0) is 28.1 Å². The van der Waals surface area contributed by atoms with Crippen LogP contribution >= 0.6 is 27.7 Å². The molecule has 0 aliphatic heterocycles. The molecule has 5 heteroatoms. The van der Waals surface area contributed by atoms with Crippen molar-refractivity contribution in [3.05, 3.63) is 41.0 Å². The van der Waals surface area contributed by atoms with E-state index in [0.29, 0.717) is 0 Å². The second kappa shape index (κ2) is 4.61. The molecule has 2 aromatic rings. The molecule has 0 aromatic carbocycles. The van der Waals surface area contributed by atoms with E-state index in [1.165, 1.54) is 0 Å². The molecule has 0 fully saturated rings. The summed E-state index contributed by atoms with van der Waals surface area (Å²) >= 11 is 4.83. The minimum atomic E-state index is 0.754. The van der Waals surface area contributed by atoms with Crippen molar-refractivity contribution >= 4 is 27.7 Å². The monoisotopic (exact) mass is 270 g/mol. The Hall–Kier alpha value is -0.810. The largest absolute Gasteiger partial charge is 0.468 e. The van der Waals surface area contributed by atoms with Gasteiger partial charge in [0.25, 0.3) is 0 Å². The molecule has 0 aliphatic rings. The zero-order valence-electron chi connectivity index (χ0n) is 7.18. The molecule has 14 heavy (non-hydrogen) atoms. The maximum Gasteiger partial charge on any atom is 0.187 e. The van der Waals surface area contributed by atoms with E-state index in [-0.39, 0.29) is 0 Å². The van der Waals surface area contributed by atoms with Gasteiger partial charge in [0.2, 0.25) is 0 Å². The Balaban J connectivity index is 1.95. The van der Waals surface area contributed by atoms with Crippen molar-refractivity contribution < 1.29 is 4.42 Å². The Kier molecular flexibility index (Phi) is 3.21. The average molecular weight is 271 g/mol. The second-order valence-electron chi connectivity index (χ2n) is 2.55. The van der Waals surface area contributed by atoms with Crippen molar-refractivity contribution in [3.8, 4) is 0 Å². The van der Waals surface area contributed by atoms with E-state index in [1.807, 2.05) is 12.1 Å². The van der Waals surface area contributed by atoms with Crippen molar-refractivity contribution in [2.75, 3.05) is 0 Å². The molecule has 2 heterocycles. The zero-order chi connectivity index (χ0) is 9.80. The van der Waals surface area contributed by atoms with Crippen LogP contribution in [-0.2, 0) is 5.75 Å². The molecule has 0 saturated carbocycles. The normalized spacial score (nSPS) is 10.4. The smallest absolute Gasteiger partial charge is 0.187 e. The van der Waals surface area contributed by atoms with Crippen molar-refractivity contribution in [2.24, 2.45) is 0 Å². The summed E-state index contributed by atoms with van der Waals surface area (Å²) in [6.45, 7) is 0. The van der Waals surface area contributed by atoms with Gasteiger partial charge in [0, 0.05) is 12.4 Å². The molecule has 2 rings (SSSR count). The molecule has 0 spiro atoms. The Bertz CT molecular complexity index is 388. The third-order valence-electron chi connectivity index (χ3n) is 1.52. The van der Waals surface area contributed by atoms with Gasteiger partial charge in [0.05, 0.1) is 16.5 Å². The highest BCUT2D eigenvalue weighted by molar-refractivity contribution is 9.10. The van der Waals surface area contributed by atoms with Crippen LogP contribution in [0.15, 0.2) is 44.8 Å². The number of aromatic nitrogens is 2. The highest BCUT2D eigenvalue weighted by Crippen LogP contribution is 2.19. The summed E-state index contributed by atoms with van der Waals surface area (Å²) < 4.78 is 6.08. The second-order valence-corrected chi connectivity index (χ2v) is 4.41. The summed E-state index contributed by atoms with van der Waals surface area (Å²) in [5.74, 6) is 1.69. The van der Waals surface area contributed by atoms with Gasteiger partial charge in [0.15, 0.2) is 5.16 Å². The number of hydrogen-bond donors (Lipinski definition) is 0. The van der Waals surface area contributed by atoms with Gasteiger partial charge < -0.3 is 4.42 Å². The van der Waals surface area contributed by atoms with Crippen molar-refractivity contribution in [2.45, 2.75) is 10.9 Å². The Morgan fingerprint density at radius 1 is 1.36 bits per heavy atom. The average Bonchev–Trinajstić information content (AvgIpc) is 2.70. The Morgan fingerprint density at radius 3 is 2.79 bits per heavy atom. The number of halogens is 1. The fourth-order valence-electron chi connectivity index (χ4n) is 0.905. The van der Waals surface area contributed by atoms with E-state index in [1.54, 1.807) is 30.4 Å². The van der Waals surface area contributed by atoms with Gasteiger partial charge in [0.1, 0.15) is 5.76 Å². The topological polar surface area (TPSA) is 38.9 Å². The number of rotatable bonds is 3. The van der Waals surface area contributed by atoms with E-state index in [4.69, 9.17) is 4.42 Å². The first-order valence-electron chi connectivity index (χ1n) is 3.97. The van der Waals surface area contributed by atoms with E-state index in [9.17, 15) is 0 Å². The summed E-state index contributed by atoms with van der Waals surface area (Å²) in [6, 6.07) is 3.81. The van der Waals surface area contributed by atoms with Crippen LogP contribution in [0.2, 0.25) is 0 Å². The van der Waals surface area contributed by atoms with Crippen LogP contribution in [-0.4, -0.2) is 9.97 Å². The summed E-state index contributed by atoms with van der Waals surface area (Å²) in [4.78, 5) is 8.28. The van der Waals surface area contributed by atoms with Gasteiger partial charge in [-0.2, -0.15) is 0 Å². The predicted octanol–water partition coefficient (Wildman–Crippen LogP) is 3.12. The summed E-state index contributed by atoms with van der Waals surface area (Å²) in [5.41, 5.74) is 0. The quantitative estimate of drug-likeness (QED) is 0.635. The van der Waals surface area contributed by atoms with E-state index < -0.39 is 0 Å². The van der Waals surface area contributed by atoms with Crippen LogP contribution in [0.1, 0.15) is 5.76 Å². The minimum absolute atomic E-state index is 0.754. The number of hydrogen-bond acceptors (Lipinski definition) is 4. The van der Waals surface area contributed by atoms with Gasteiger partial charge in [-0.3, -0.25) is 0 Å². The predicted molar refractivity (Wildman–Crippen MR) is 58.0 cm³/mol. The lowest BCUT2D eigenvalue weighted by atomic mass is 10.5. The van der Waals surface area contributed by atoms with E-state index in [2.05, 4.69) is 25.9 Å². The van der Waals surface area contributed by atoms with Crippen LogP contribution in [0, 0.1) is 0 Å². The molecule has 0 radical (unpaired) electrons. The van der Waals surface area contributed by atoms with Crippen LogP contribution < -0.4 is 0 Å². The molecule has 0 atom stereocenters. The van der Waals surface area contributed by atoms with Gasteiger partial charge in [-0.15, -0.1) is 0 Å². The van der Waals surface area contributed by atoms with Gasteiger partial charge >= 0.3 is 0 Å². The first-order chi connectivity index (χ1) is 6.84. The van der Waals surface area contributed by atoms with Gasteiger partial charge in [-0.1, -0.05) is 11.8 Å². The number of thioether (sulfide) groups is 1. The fraction of sp³-hybridized carbons (Fsp3) is 0.111. The maximum atomic E-state index is 5.19. The first-order valence-corrected chi connectivity index (χ1v) is 5.75. The molecular formula is C9H7BrN2OS. The highest BCUT2D eigenvalue weighted by atomic mass is 79.9. The van der Waals surface area contributed by atoms with E-state index in [0.717, 1.165) is 21.1 Å². The standard InChI is InChI=1S/C9H7BrN2OS/c10-7-4-11-9(12-5-7)14-6-8-2-1-3-13-8/h1-5H,6H2. The molecule has 0 saturated heterocycles. The highest BCUT2D eigenvalue weighted by Gasteiger charge is 2.00. The van der Waals surface area contributed by atoms with Gasteiger partial charge in [-0.25, -0.2) is 9.97 Å². The Labute approximate surface area is 94.1 Å². The summed E-state index contributed by atoms with van der Waals surface area (Å²) in [6.07, 6.45) is 5.13. The molecule has 0 amide bonds. The lowest BCUT2D eigenvalue weighted by Gasteiger charge is -1.96. The summed E-state index contributed by atoms with van der Waals surface area (Å²) in [5, 5.41) is 0.754. The molecule has 3 nitrogen and oxygen atoms in total. The SMILES string of the molecule is Brc1cnc(SCc2ccco2)nc1. The van der Waals surface area contributed by atoms with Crippen LogP contribution in [0.25, 0.3) is 0 Å². The molecule has 2 aromatic heterocycles. The van der Waals surface area contributed by atoms with Crippen molar-refractivity contribution in [1.29, 1.82) is 0 Å². The third kappa shape index (κ3) is 2.59. The maximum absolute atomic E-state index is 5.19. The lowest BCUT2D eigenvalue weighted by Crippen LogP contribution is -1.85. The van der Waals surface area contributed by atoms with E-state index >= 15 is 0 Å². The molecule has 0 aliphatic carbocycles. The molecular weight excluding hydrogens is 264 g/mol. The molecule has 0 bridgehead atoms. The number of nitrogens with zero attached hydrogens (tertiary/aromatic N) is 2. The molecule has 0 N–H and O–H groups in total. The third-order valence-corrected chi connectivity index (χ3v) is 2.83. The van der Waals surface area contributed by atoms with Crippen LogP contribution in [0.4, 0.5) is 0 Å². The van der Waals surface area contributed by atoms with Crippen LogP contribution in [0.3, 0.4) is 0 Å². The molecule has 0 unspecified atom stereocenters. The zero-order valence-corrected chi connectivity index (χ0v) is 9.59. The fourth-order valence-corrected chi connectivity index (χ4v) is 1.80. The number of furan rings is 1. The lowest BCUT2D eigenvalue weighted by molar-refractivity contribution is 0.530. The van der Waals surface area contributed by atoms with Crippen molar-refractivity contribution in [3.63, 3.8) is 0 Å². The Morgan fingerprint density at radius 2 is 2.14 bits per heavy atom. The summed E-state index contributed by atoms with van der Waals surface area (Å²) in [7, 11) is 0.